The molecule has 4 nitrogen and oxygen atoms in total. The van der Waals surface area contributed by atoms with Gasteiger partial charge in [0.25, 0.3) is 5.91 Å². The van der Waals surface area contributed by atoms with Crippen molar-refractivity contribution in [3.05, 3.63) is 29.8 Å². The minimum absolute atomic E-state index is 0. The van der Waals surface area contributed by atoms with E-state index in [1.54, 1.807) is 0 Å². The molecular weight excluding hydrogens is 336 g/mol. The van der Waals surface area contributed by atoms with Gasteiger partial charge in [0.15, 0.2) is 6.61 Å². The van der Waals surface area contributed by atoms with Crippen LogP contribution in [0.15, 0.2) is 24.3 Å². The first-order chi connectivity index (χ1) is 11.7. The van der Waals surface area contributed by atoms with E-state index >= 15 is 0 Å². The van der Waals surface area contributed by atoms with E-state index < -0.39 is 0 Å². The van der Waals surface area contributed by atoms with E-state index in [1.807, 2.05) is 30.1 Å². The number of rotatable bonds is 8. The van der Waals surface area contributed by atoms with Gasteiger partial charge in [0.05, 0.1) is 0 Å². The largest absolute Gasteiger partial charge is 0.483 e. The molecule has 5 heteroatoms. The van der Waals surface area contributed by atoms with E-state index in [1.165, 1.54) is 12.0 Å². The Morgan fingerprint density at radius 3 is 2.64 bits per heavy atom. The third-order valence-corrected chi connectivity index (χ3v) is 5.18. The topological polar surface area (TPSA) is 41.6 Å². The third-order valence-electron chi connectivity index (χ3n) is 5.18. The zero-order chi connectivity index (χ0) is 17.4. The summed E-state index contributed by atoms with van der Waals surface area (Å²) in [5.74, 6) is 2.15. The fraction of sp³-hybridized carbons (Fsp3) is 0.650. The van der Waals surface area contributed by atoms with Gasteiger partial charge in [-0.25, -0.2) is 0 Å². The zero-order valence-electron chi connectivity index (χ0n) is 15.8. The minimum atomic E-state index is 0. The molecule has 25 heavy (non-hydrogen) atoms. The summed E-state index contributed by atoms with van der Waals surface area (Å²) in [6.07, 6.45) is 4.49. The van der Waals surface area contributed by atoms with Gasteiger partial charge in [0, 0.05) is 13.1 Å². The standard InChI is InChI=1S/C20H32N2O2.ClH/c1-4-16(2)18-7-5-6-8-19(18)24-15-20(23)22-13-10-17(11-14-22)9-12-21-3;/h5-8,16-17,21H,4,9-15H2,1-3H3;1H. The molecule has 1 aromatic rings. The van der Waals surface area contributed by atoms with Crippen molar-refractivity contribution in [3.8, 4) is 5.75 Å². The summed E-state index contributed by atoms with van der Waals surface area (Å²) < 4.78 is 5.87. The van der Waals surface area contributed by atoms with Crippen molar-refractivity contribution >= 4 is 18.3 Å². The first-order valence-corrected chi connectivity index (χ1v) is 9.29. The predicted octanol–water partition coefficient (Wildman–Crippen LogP) is 3.85. The molecule has 1 atom stereocenters. The van der Waals surface area contributed by atoms with Crippen LogP contribution >= 0.6 is 12.4 Å². The van der Waals surface area contributed by atoms with E-state index in [9.17, 15) is 4.79 Å². The smallest absolute Gasteiger partial charge is 0.260 e. The normalized spacial score (nSPS) is 16.2. The molecule has 0 saturated carbocycles. The molecule has 0 radical (unpaired) electrons. The maximum Gasteiger partial charge on any atom is 0.260 e. The molecule has 1 unspecified atom stereocenters. The summed E-state index contributed by atoms with van der Waals surface area (Å²) >= 11 is 0. The third kappa shape index (κ3) is 6.52. The lowest BCUT2D eigenvalue weighted by molar-refractivity contribution is -0.134. The number of benzene rings is 1. The number of carbonyl (C=O) groups excluding carboxylic acids is 1. The van der Waals surface area contributed by atoms with Gasteiger partial charge < -0.3 is 15.0 Å². The van der Waals surface area contributed by atoms with Gasteiger partial charge in [-0.2, -0.15) is 0 Å². The van der Waals surface area contributed by atoms with Crippen LogP contribution in [-0.4, -0.2) is 44.1 Å². The molecule has 1 fully saturated rings. The molecule has 1 aliphatic rings. The predicted molar refractivity (Wildman–Crippen MR) is 106 cm³/mol. The second-order valence-electron chi connectivity index (χ2n) is 6.85. The number of amides is 1. The maximum atomic E-state index is 12.4. The van der Waals surface area contributed by atoms with Crippen LogP contribution in [-0.2, 0) is 4.79 Å². The highest BCUT2D eigenvalue weighted by atomic mass is 35.5. The van der Waals surface area contributed by atoms with E-state index in [-0.39, 0.29) is 24.9 Å². The molecule has 142 valence electrons. The van der Waals surface area contributed by atoms with Crippen molar-refractivity contribution in [3.63, 3.8) is 0 Å². The Morgan fingerprint density at radius 2 is 2.00 bits per heavy atom. The number of nitrogens with zero attached hydrogens (tertiary/aromatic N) is 1. The van der Waals surface area contributed by atoms with Crippen molar-refractivity contribution < 1.29 is 9.53 Å². The summed E-state index contributed by atoms with van der Waals surface area (Å²) in [7, 11) is 1.99. The summed E-state index contributed by atoms with van der Waals surface area (Å²) in [6.45, 7) is 7.31. The number of halogens is 1. The number of ether oxygens (including phenoxy) is 1. The number of piperidine rings is 1. The summed E-state index contributed by atoms with van der Waals surface area (Å²) in [5.41, 5.74) is 1.19. The molecule has 0 aromatic heterocycles. The molecule has 1 saturated heterocycles. The van der Waals surface area contributed by atoms with Crippen LogP contribution in [0.5, 0.6) is 5.75 Å². The van der Waals surface area contributed by atoms with Gasteiger partial charge in [-0.3, -0.25) is 4.79 Å². The number of para-hydroxylation sites is 1. The van der Waals surface area contributed by atoms with Gasteiger partial charge in [0.2, 0.25) is 0 Å². The second-order valence-corrected chi connectivity index (χ2v) is 6.85. The molecule has 2 rings (SSSR count). The average Bonchev–Trinajstić information content (AvgIpc) is 2.64. The first kappa shape index (κ1) is 21.8. The lowest BCUT2D eigenvalue weighted by Gasteiger charge is -2.32. The van der Waals surface area contributed by atoms with Gasteiger partial charge >= 0.3 is 0 Å². The summed E-state index contributed by atoms with van der Waals surface area (Å²) in [6, 6.07) is 8.07. The molecular formula is C20H33ClN2O2. The highest BCUT2D eigenvalue weighted by Crippen LogP contribution is 2.28. The van der Waals surface area contributed by atoms with Crippen LogP contribution in [0.3, 0.4) is 0 Å². The Bertz CT molecular complexity index is 516. The highest BCUT2D eigenvalue weighted by Gasteiger charge is 2.23. The maximum absolute atomic E-state index is 12.4. The van der Waals surface area contributed by atoms with Gasteiger partial charge in [-0.1, -0.05) is 32.0 Å². The van der Waals surface area contributed by atoms with Crippen molar-refractivity contribution in [1.29, 1.82) is 0 Å². The van der Waals surface area contributed by atoms with Crippen molar-refractivity contribution in [1.82, 2.24) is 10.2 Å². The van der Waals surface area contributed by atoms with Crippen LogP contribution in [0.1, 0.15) is 51.0 Å². The van der Waals surface area contributed by atoms with Crippen LogP contribution in [0.2, 0.25) is 0 Å². The zero-order valence-corrected chi connectivity index (χ0v) is 16.6. The Kier molecular flexibility index (Phi) is 9.91. The molecule has 0 bridgehead atoms. The van der Waals surface area contributed by atoms with E-state index in [2.05, 4.69) is 25.2 Å². The quantitative estimate of drug-likeness (QED) is 0.757. The summed E-state index contributed by atoms with van der Waals surface area (Å²) in [4.78, 5) is 14.4. The molecule has 1 heterocycles. The van der Waals surface area contributed by atoms with Crippen molar-refractivity contribution in [2.45, 2.75) is 45.4 Å². The van der Waals surface area contributed by atoms with Gasteiger partial charge in [-0.05, 0) is 62.7 Å². The fourth-order valence-electron chi connectivity index (χ4n) is 3.29. The van der Waals surface area contributed by atoms with Gasteiger partial charge in [0.1, 0.15) is 5.75 Å². The van der Waals surface area contributed by atoms with E-state index in [0.717, 1.165) is 50.6 Å². The van der Waals surface area contributed by atoms with E-state index in [0.29, 0.717) is 5.92 Å². The first-order valence-electron chi connectivity index (χ1n) is 9.29. The summed E-state index contributed by atoms with van der Waals surface area (Å²) in [5, 5.41) is 3.21. The lowest BCUT2D eigenvalue weighted by Crippen LogP contribution is -2.41. The van der Waals surface area contributed by atoms with Crippen LogP contribution in [0.4, 0.5) is 0 Å². The fourth-order valence-corrected chi connectivity index (χ4v) is 3.29. The molecule has 0 spiro atoms. The van der Waals surface area contributed by atoms with Crippen molar-refractivity contribution in [2.24, 2.45) is 5.92 Å². The van der Waals surface area contributed by atoms with Gasteiger partial charge in [-0.15, -0.1) is 12.4 Å². The number of likely N-dealkylation sites (tertiary alicyclic amines) is 1. The number of hydrogen-bond donors (Lipinski definition) is 1. The minimum Gasteiger partial charge on any atom is -0.483 e. The van der Waals surface area contributed by atoms with Crippen LogP contribution in [0, 0.1) is 5.92 Å². The Morgan fingerprint density at radius 1 is 1.32 bits per heavy atom. The SMILES string of the molecule is CCC(C)c1ccccc1OCC(=O)N1CCC(CCNC)CC1.Cl. The van der Waals surface area contributed by atoms with Crippen LogP contribution < -0.4 is 10.1 Å². The molecule has 1 aliphatic heterocycles. The molecule has 1 aromatic carbocycles. The van der Waals surface area contributed by atoms with E-state index in [4.69, 9.17) is 4.74 Å². The molecule has 0 aliphatic carbocycles. The Balaban J connectivity index is 0.00000312. The lowest BCUT2D eigenvalue weighted by atomic mass is 9.93. The Labute approximate surface area is 158 Å². The number of hydrogen-bond acceptors (Lipinski definition) is 3. The monoisotopic (exact) mass is 368 g/mol. The second kappa shape index (κ2) is 11.4. The number of carbonyl (C=O) groups is 1. The average molecular weight is 369 g/mol. The molecule has 1 N–H and O–H groups in total. The Hall–Kier alpha value is -1.26. The van der Waals surface area contributed by atoms with Crippen molar-refractivity contribution in [2.75, 3.05) is 33.3 Å². The van der Waals surface area contributed by atoms with Crippen LogP contribution in [0.25, 0.3) is 0 Å². The number of nitrogens with one attached hydrogen (secondary N) is 1. The highest BCUT2D eigenvalue weighted by molar-refractivity contribution is 5.85. The molecule has 1 amide bonds.